The number of hydrogen-bond acceptors (Lipinski definition) is 6. The summed E-state index contributed by atoms with van der Waals surface area (Å²) in [6, 6.07) is 0. The van der Waals surface area contributed by atoms with E-state index in [1.54, 1.807) is 0 Å². The topological polar surface area (TPSA) is 55.4 Å². The summed E-state index contributed by atoms with van der Waals surface area (Å²) in [5.74, 6) is 0.950. The van der Waals surface area contributed by atoms with Gasteiger partial charge in [-0.2, -0.15) is 0 Å². The minimum absolute atomic E-state index is 0.101. The van der Waals surface area contributed by atoms with Crippen LogP contribution in [0.2, 0.25) is 0 Å². The van der Waals surface area contributed by atoms with Gasteiger partial charge in [0.1, 0.15) is 0 Å². The Morgan fingerprint density at radius 2 is 0.510 bits per heavy atom. The van der Waals surface area contributed by atoms with Gasteiger partial charge in [0.05, 0.1) is 36.6 Å². The summed E-state index contributed by atoms with van der Waals surface area (Å²) in [4.78, 5) is 0. The lowest BCUT2D eigenvalue weighted by molar-refractivity contribution is 0.222. The van der Waals surface area contributed by atoms with Crippen molar-refractivity contribution in [1.29, 1.82) is 0 Å². The molecule has 0 aromatic heterocycles. The Bertz CT molecular complexity index is 2240. The first kappa shape index (κ1) is 108. The van der Waals surface area contributed by atoms with Crippen molar-refractivity contribution >= 4 is 72.7 Å². The molecule has 6 nitrogen and oxygen atoms in total. The summed E-state index contributed by atoms with van der Waals surface area (Å²) < 4.78 is 33.2. The van der Waals surface area contributed by atoms with E-state index in [2.05, 4.69) is 319 Å². The average Bonchev–Trinajstić information content (AvgIpc) is 1.20. The smallest absolute Gasteiger partial charge is 0.0836 e. The van der Waals surface area contributed by atoms with Gasteiger partial charge < -0.3 is 27.1 Å². The number of rotatable bonds is 64. The monoisotopic (exact) mass is 1580 g/mol. The maximum Gasteiger partial charge on any atom is 0.0836 e. The van der Waals surface area contributed by atoms with E-state index in [0.717, 1.165) is 77.0 Å². The molecule has 0 spiro atoms. The molecule has 0 amide bonds. The largest absolute Gasteiger partial charge is 0.358 e. The molecule has 0 rings (SSSR count). The Morgan fingerprint density at radius 1 is 0.250 bits per heavy atom. The highest BCUT2D eigenvalue weighted by molar-refractivity contribution is 8.00. The molecular formula is C90H156O6P8. The fourth-order valence-electron chi connectivity index (χ4n) is 9.59. The van der Waals surface area contributed by atoms with E-state index in [-0.39, 0.29) is 36.6 Å². The zero-order valence-corrected chi connectivity index (χ0v) is 76.2. The molecule has 104 heavy (non-hydrogen) atoms. The molecule has 14 heteroatoms. The average molecular weight is 1580 g/mol. The molecule has 0 saturated carbocycles. The van der Waals surface area contributed by atoms with Gasteiger partial charge >= 0.3 is 0 Å². The van der Waals surface area contributed by atoms with E-state index >= 15 is 0 Å². The number of allylic oxidation sites excluding steroid dienone is 30. The van der Waals surface area contributed by atoms with E-state index in [0.29, 0.717) is 28.8 Å². The SMILES string of the molecule is CC/C=C\CC(C)C(/C=C/C=C/C=C\C/C=C\CCCCCC)OP.CC/C=C\CC(\C=C/C=C/C=C/C(C/C=C\CCCCCC)OP)OPP.CCC=CCC(C)C(C=CC=CC=CCC=CCCCCCC)OP.CCC=CCC(C=CC=CC=CC(CC=CCCCCCC)OP)OPP. The van der Waals surface area contributed by atoms with Gasteiger partial charge in [-0.05, 0) is 140 Å². The zero-order valence-electron chi connectivity index (χ0n) is 67.3. The van der Waals surface area contributed by atoms with Crippen LogP contribution < -0.4 is 0 Å². The van der Waals surface area contributed by atoms with Crippen LogP contribution in [0.4, 0.5) is 0 Å². The van der Waals surface area contributed by atoms with Gasteiger partial charge in [0.15, 0.2) is 0 Å². The first-order valence-corrected chi connectivity index (χ1v) is 47.3. The summed E-state index contributed by atoms with van der Waals surface area (Å²) in [5, 5.41) is 0. The fraction of sp³-hybridized carbons (Fsp3) is 0.556. The highest BCUT2D eigenvalue weighted by Crippen LogP contribution is 2.27. The third-order valence-corrected chi connectivity index (χ3v) is 19.0. The highest BCUT2D eigenvalue weighted by Gasteiger charge is 2.13. The summed E-state index contributed by atoms with van der Waals surface area (Å²) in [6.45, 7) is 22.0. The van der Waals surface area contributed by atoms with Gasteiger partial charge in [-0.25, -0.2) is 0 Å². The van der Waals surface area contributed by atoms with Crippen molar-refractivity contribution in [3.05, 3.63) is 243 Å². The Labute approximate surface area is 661 Å². The highest BCUT2D eigenvalue weighted by atomic mass is 32.0. The summed E-state index contributed by atoms with van der Waals surface area (Å²) in [7, 11) is 15.6. The van der Waals surface area contributed by atoms with Crippen molar-refractivity contribution in [1.82, 2.24) is 0 Å². The molecule has 0 bridgehead atoms. The van der Waals surface area contributed by atoms with Crippen molar-refractivity contribution in [3.8, 4) is 0 Å². The van der Waals surface area contributed by atoms with Crippen molar-refractivity contribution in [2.24, 2.45) is 11.8 Å². The molecule has 0 radical (unpaired) electrons. The quantitative estimate of drug-likeness (QED) is 0.0262. The molecule has 0 N–H and O–H groups in total. The predicted molar refractivity (Wildman–Crippen MR) is 498 cm³/mol. The van der Waals surface area contributed by atoms with Crippen LogP contribution in [-0.2, 0) is 27.1 Å². The van der Waals surface area contributed by atoms with Gasteiger partial charge in [0.25, 0.3) is 0 Å². The van der Waals surface area contributed by atoms with Crippen molar-refractivity contribution in [3.63, 3.8) is 0 Å². The van der Waals surface area contributed by atoms with Crippen LogP contribution in [0.1, 0.15) is 275 Å². The van der Waals surface area contributed by atoms with Crippen molar-refractivity contribution < 1.29 is 27.1 Å². The molecule has 0 aromatic carbocycles. The summed E-state index contributed by atoms with van der Waals surface area (Å²) >= 11 is 0. The van der Waals surface area contributed by atoms with Crippen LogP contribution in [0, 0.1) is 11.8 Å². The molecule has 0 heterocycles. The molecule has 16 atom stereocenters. The first-order chi connectivity index (χ1) is 51.1. The molecule has 0 aliphatic rings. The Hall–Kier alpha value is -2.00. The maximum absolute atomic E-state index is 5.71. The van der Waals surface area contributed by atoms with E-state index in [4.69, 9.17) is 27.1 Å². The van der Waals surface area contributed by atoms with Crippen LogP contribution in [0.5, 0.6) is 0 Å². The second kappa shape index (κ2) is 97.1. The Kier molecular flexibility index (Phi) is 101. The molecule has 0 aliphatic carbocycles. The third-order valence-electron chi connectivity index (χ3n) is 15.9. The minimum Gasteiger partial charge on any atom is -0.358 e. The Morgan fingerprint density at radius 3 is 0.788 bits per heavy atom. The molecule has 0 saturated heterocycles. The lowest BCUT2D eigenvalue weighted by Gasteiger charge is -2.17. The third kappa shape index (κ3) is 87.2. The standard InChI is InChI=1S/2C23H39OP.2C22H39O2P3/c2*1-4-6-8-9-10-11-12-13-14-15-16-17-19-21-23(24-25)22(3)20-18-7-5-2;2*1-3-5-7-8-9-10-14-17-21(23-25)18-15-11-12-16-20-22(24-27-26)19-13-6-4-2/h2*7,11-12,14-19,21-23H,4-6,8-10,13,20,25H2,1-3H3;2*6,10-16,18,20-22,27H,3-5,7-9,17,19,25-26H2,1-2H3/b12-11-,15-14-,17-16+,18-7-,21-19+;;12-11+,13-6-,14-10-,18-15+,20-16-;. The van der Waals surface area contributed by atoms with E-state index < -0.39 is 0 Å². The molecule has 0 fully saturated rings. The Balaban J connectivity index is -0.000000641. The van der Waals surface area contributed by atoms with E-state index in [9.17, 15) is 0 Å². The zero-order chi connectivity index (χ0) is 77.2. The molecule has 592 valence electrons. The molecule has 16 unspecified atom stereocenters. The molecular weight excluding hydrogens is 1420 g/mol. The first-order valence-electron chi connectivity index (χ1n) is 40.0. The second-order valence-electron chi connectivity index (χ2n) is 25.4. The van der Waals surface area contributed by atoms with E-state index in [1.165, 1.54) is 128 Å². The molecule has 0 aromatic rings. The van der Waals surface area contributed by atoms with Gasteiger partial charge in [0, 0.05) is 54.9 Å². The number of unbranched alkanes of at least 4 members (excludes halogenated alkanes) is 16. The normalized spacial score (nSPS) is 15.6. The van der Waals surface area contributed by atoms with Crippen molar-refractivity contribution in [2.75, 3.05) is 0 Å². The molecule has 0 aliphatic heterocycles. The van der Waals surface area contributed by atoms with Crippen LogP contribution in [0.3, 0.4) is 0 Å². The van der Waals surface area contributed by atoms with Crippen LogP contribution >= 0.6 is 72.7 Å². The van der Waals surface area contributed by atoms with Gasteiger partial charge in [0.2, 0.25) is 0 Å². The second-order valence-corrected chi connectivity index (χ2v) is 28.9. The van der Waals surface area contributed by atoms with Crippen LogP contribution in [0.25, 0.3) is 0 Å². The van der Waals surface area contributed by atoms with Gasteiger partial charge in [-0.15, -0.1) is 0 Å². The summed E-state index contributed by atoms with van der Waals surface area (Å²) in [5.41, 5.74) is 0. The van der Waals surface area contributed by atoms with Crippen LogP contribution in [0.15, 0.2) is 243 Å². The summed E-state index contributed by atoms with van der Waals surface area (Å²) in [6.07, 6.45) is 125. The van der Waals surface area contributed by atoms with Crippen molar-refractivity contribution in [2.45, 2.75) is 311 Å². The van der Waals surface area contributed by atoms with Gasteiger partial charge in [-0.3, -0.25) is 0 Å². The van der Waals surface area contributed by atoms with E-state index in [1.807, 2.05) is 48.6 Å². The lowest BCUT2D eigenvalue weighted by Crippen LogP contribution is -2.14. The minimum atomic E-state index is 0.101. The van der Waals surface area contributed by atoms with Crippen LogP contribution in [-0.4, -0.2) is 36.6 Å². The lowest BCUT2D eigenvalue weighted by atomic mass is 10.00. The fourth-order valence-corrected chi connectivity index (χ4v) is 12.5. The number of hydrogen-bond donors (Lipinski definition) is 0. The maximum atomic E-state index is 5.71. The van der Waals surface area contributed by atoms with Gasteiger partial charge in [-0.1, -0.05) is 407 Å². The predicted octanol–water partition coefficient (Wildman–Crippen LogP) is 31.2.